The topological polar surface area (TPSA) is 54.0 Å². The Labute approximate surface area is 118 Å². The highest BCUT2D eigenvalue weighted by Crippen LogP contribution is 2.41. The van der Waals surface area contributed by atoms with Crippen LogP contribution >= 0.6 is 11.3 Å². The summed E-state index contributed by atoms with van der Waals surface area (Å²) in [6, 6.07) is 0.412. The summed E-state index contributed by atoms with van der Waals surface area (Å²) in [5.74, 6) is 1.46. The van der Waals surface area contributed by atoms with Crippen LogP contribution in [0.2, 0.25) is 0 Å². The van der Waals surface area contributed by atoms with E-state index in [0.29, 0.717) is 24.3 Å². The molecule has 0 spiro atoms. The van der Waals surface area contributed by atoms with Crippen LogP contribution in [0.3, 0.4) is 0 Å². The maximum Gasteiger partial charge on any atom is 0.226 e. The van der Waals surface area contributed by atoms with E-state index >= 15 is 0 Å². The number of fused-ring (bicyclic) bond motifs is 1. The molecule has 1 saturated carbocycles. The molecule has 2 aliphatic rings. The number of nitrogens with zero attached hydrogens (tertiary/aromatic N) is 1. The highest BCUT2D eigenvalue weighted by Gasteiger charge is 2.53. The smallest absolute Gasteiger partial charge is 0.226 e. The van der Waals surface area contributed by atoms with Crippen LogP contribution in [0.4, 0.5) is 0 Å². The van der Waals surface area contributed by atoms with E-state index < -0.39 is 0 Å². The van der Waals surface area contributed by atoms with Crippen molar-refractivity contribution in [3.05, 3.63) is 16.1 Å². The molecule has 1 saturated heterocycles. The van der Waals surface area contributed by atoms with Gasteiger partial charge in [-0.05, 0) is 11.8 Å². The number of nitrogens with one attached hydrogen (secondary N) is 2. The molecule has 1 aromatic rings. The molecule has 0 aromatic carbocycles. The first kappa shape index (κ1) is 13.1. The van der Waals surface area contributed by atoms with E-state index in [4.69, 9.17) is 0 Å². The summed E-state index contributed by atoms with van der Waals surface area (Å²) in [5.41, 5.74) is 0.967. The fraction of sp³-hybridized carbons (Fsp3) is 0.714. The maximum atomic E-state index is 12.0. The highest BCUT2D eigenvalue weighted by molar-refractivity contribution is 7.09. The van der Waals surface area contributed by atoms with E-state index in [9.17, 15) is 4.79 Å². The number of rotatable bonds is 3. The van der Waals surface area contributed by atoms with Gasteiger partial charge in [0.05, 0.1) is 17.1 Å². The van der Waals surface area contributed by atoms with Gasteiger partial charge in [-0.25, -0.2) is 4.98 Å². The lowest BCUT2D eigenvalue weighted by Crippen LogP contribution is -2.33. The van der Waals surface area contributed by atoms with Crippen molar-refractivity contribution in [1.82, 2.24) is 15.6 Å². The number of carbonyl (C=O) groups is 1. The standard InChI is InChI=1S/C14H21N3OS/c1-14(2,3)13-16-8(7-19-13)4-11(18)17-12-9-5-15-6-10(9)12/h7,9-10,12,15H,4-6H2,1-3H3,(H,17,18)/t9-,10+,12?. The molecule has 2 N–H and O–H groups in total. The van der Waals surface area contributed by atoms with Gasteiger partial charge in [0.15, 0.2) is 0 Å². The molecule has 0 bridgehead atoms. The van der Waals surface area contributed by atoms with Crippen molar-refractivity contribution in [3.63, 3.8) is 0 Å². The summed E-state index contributed by atoms with van der Waals surface area (Å²) in [7, 11) is 0. The van der Waals surface area contributed by atoms with Gasteiger partial charge < -0.3 is 10.6 Å². The summed E-state index contributed by atoms with van der Waals surface area (Å²) < 4.78 is 0. The minimum absolute atomic E-state index is 0.0680. The largest absolute Gasteiger partial charge is 0.352 e. The van der Waals surface area contributed by atoms with Crippen LogP contribution in [0.25, 0.3) is 0 Å². The summed E-state index contributed by atoms with van der Waals surface area (Å²) in [5, 5.41) is 9.58. The highest BCUT2D eigenvalue weighted by atomic mass is 32.1. The molecule has 1 amide bonds. The van der Waals surface area contributed by atoms with E-state index in [2.05, 4.69) is 36.4 Å². The lowest BCUT2D eigenvalue weighted by Gasteiger charge is -2.13. The number of hydrogen-bond donors (Lipinski definition) is 2. The molecule has 3 atom stereocenters. The van der Waals surface area contributed by atoms with E-state index in [1.165, 1.54) is 0 Å². The van der Waals surface area contributed by atoms with Gasteiger partial charge in [0, 0.05) is 29.9 Å². The predicted molar refractivity (Wildman–Crippen MR) is 76.3 cm³/mol. The normalized spacial score (nSPS) is 29.1. The second kappa shape index (κ2) is 4.56. The summed E-state index contributed by atoms with van der Waals surface area (Å²) in [6.45, 7) is 8.55. The first-order valence-corrected chi connectivity index (χ1v) is 7.78. The van der Waals surface area contributed by atoms with E-state index in [1.807, 2.05) is 5.38 Å². The zero-order chi connectivity index (χ0) is 13.6. The van der Waals surface area contributed by atoms with Crippen LogP contribution in [0, 0.1) is 11.8 Å². The lowest BCUT2D eigenvalue weighted by atomic mass is 9.98. The predicted octanol–water partition coefficient (Wildman–Crippen LogP) is 1.32. The van der Waals surface area contributed by atoms with Crippen LogP contribution < -0.4 is 10.6 Å². The summed E-state index contributed by atoms with van der Waals surface area (Å²) in [4.78, 5) is 16.6. The molecule has 1 aliphatic heterocycles. The summed E-state index contributed by atoms with van der Waals surface area (Å²) >= 11 is 1.65. The van der Waals surface area contributed by atoms with E-state index in [-0.39, 0.29) is 11.3 Å². The van der Waals surface area contributed by atoms with Gasteiger partial charge in [-0.2, -0.15) is 0 Å². The summed E-state index contributed by atoms with van der Waals surface area (Å²) in [6.07, 6.45) is 0.413. The van der Waals surface area contributed by atoms with E-state index in [1.54, 1.807) is 11.3 Å². The average molecular weight is 279 g/mol. The van der Waals surface area contributed by atoms with Crippen LogP contribution in [0.1, 0.15) is 31.5 Å². The fourth-order valence-electron chi connectivity index (χ4n) is 2.77. The van der Waals surface area contributed by atoms with Gasteiger partial charge in [-0.15, -0.1) is 11.3 Å². The van der Waals surface area contributed by atoms with Crippen LogP contribution in [0.15, 0.2) is 5.38 Å². The van der Waals surface area contributed by atoms with Crippen molar-refractivity contribution in [2.75, 3.05) is 13.1 Å². The first-order valence-electron chi connectivity index (χ1n) is 6.90. The molecule has 1 unspecified atom stereocenters. The van der Waals surface area contributed by atoms with Gasteiger partial charge in [-0.3, -0.25) is 4.79 Å². The minimum atomic E-state index is 0.0680. The van der Waals surface area contributed by atoms with Gasteiger partial charge in [-0.1, -0.05) is 20.8 Å². The Morgan fingerprint density at radius 3 is 2.74 bits per heavy atom. The number of piperidine rings is 1. The Bertz CT molecular complexity index is 481. The molecule has 1 aromatic heterocycles. The van der Waals surface area contributed by atoms with Gasteiger partial charge in [0.1, 0.15) is 0 Å². The molecular formula is C14H21N3OS. The van der Waals surface area contributed by atoms with Gasteiger partial charge in [0.25, 0.3) is 0 Å². The molecule has 4 nitrogen and oxygen atoms in total. The Morgan fingerprint density at radius 2 is 2.16 bits per heavy atom. The molecule has 0 radical (unpaired) electrons. The number of amides is 1. The zero-order valence-corrected chi connectivity index (χ0v) is 12.5. The van der Waals surface area contributed by atoms with Crippen LogP contribution in [0.5, 0.6) is 0 Å². The monoisotopic (exact) mass is 279 g/mol. The molecule has 2 heterocycles. The Hall–Kier alpha value is -0.940. The van der Waals surface area contributed by atoms with Crippen molar-refractivity contribution in [3.8, 4) is 0 Å². The van der Waals surface area contributed by atoms with Crippen molar-refractivity contribution in [2.24, 2.45) is 11.8 Å². The third-order valence-electron chi connectivity index (χ3n) is 3.95. The third-order valence-corrected chi connectivity index (χ3v) is 5.27. The van der Waals surface area contributed by atoms with Crippen LogP contribution in [-0.2, 0) is 16.6 Å². The molecule has 19 heavy (non-hydrogen) atoms. The average Bonchev–Trinajstić information content (AvgIpc) is 2.76. The number of aromatic nitrogens is 1. The molecule has 1 aliphatic carbocycles. The maximum absolute atomic E-state index is 12.0. The second-order valence-electron chi connectivity index (χ2n) is 6.65. The second-order valence-corrected chi connectivity index (χ2v) is 7.51. The third kappa shape index (κ3) is 2.67. The fourth-order valence-corrected chi connectivity index (χ4v) is 3.67. The van der Waals surface area contributed by atoms with E-state index in [0.717, 1.165) is 23.8 Å². The van der Waals surface area contributed by atoms with Crippen molar-refractivity contribution >= 4 is 17.2 Å². The van der Waals surface area contributed by atoms with Gasteiger partial charge >= 0.3 is 0 Å². The quantitative estimate of drug-likeness (QED) is 0.877. The van der Waals surface area contributed by atoms with Crippen molar-refractivity contribution in [2.45, 2.75) is 38.6 Å². The Balaban J connectivity index is 1.53. The molecule has 2 fully saturated rings. The lowest BCUT2D eigenvalue weighted by molar-refractivity contribution is -0.120. The minimum Gasteiger partial charge on any atom is -0.352 e. The number of thiazole rings is 1. The Morgan fingerprint density at radius 1 is 1.47 bits per heavy atom. The molecule has 104 valence electrons. The molecule has 5 heteroatoms. The molecular weight excluding hydrogens is 258 g/mol. The Kier molecular flexibility index (Phi) is 3.14. The SMILES string of the molecule is CC(C)(C)c1nc(CC(=O)NC2[C@H]3CNC[C@@H]23)cs1. The van der Waals surface area contributed by atoms with Crippen LogP contribution in [-0.4, -0.2) is 30.0 Å². The zero-order valence-electron chi connectivity index (χ0n) is 11.7. The number of hydrogen-bond acceptors (Lipinski definition) is 4. The number of carbonyl (C=O) groups excluding carboxylic acids is 1. The molecule has 3 rings (SSSR count). The van der Waals surface area contributed by atoms with Crippen molar-refractivity contribution in [1.29, 1.82) is 0 Å². The first-order chi connectivity index (χ1) is 8.95. The van der Waals surface area contributed by atoms with Crippen molar-refractivity contribution < 1.29 is 4.79 Å². The van der Waals surface area contributed by atoms with Gasteiger partial charge in [0.2, 0.25) is 5.91 Å².